The van der Waals surface area contributed by atoms with E-state index in [1.165, 1.54) is 0 Å². The Morgan fingerprint density at radius 1 is 1.46 bits per heavy atom. The highest BCUT2D eigenvalue weighted by Crippen LogP contribution is 2.24. The summed E-state index contributed by atoms with van der Waals surface area (Å²) in [6, 6.07) is 0. The van der Waals surface area contributed by atoms with Gasteiger partial charge >= 0.3 is 0 Å². The van der Waals surface area contributed by atoms with Gasteiger partial charge in [-0.05, 0) is 13.8 Å². The van der Waals surface area contributed by atoms with Crippen LogP contribution in [0.1, 0.15) is 13.8 Å². The molecule has 13 heavy (non-hydrogen) atoms. The summed E-state index contributed by atoms with van der Waals surface area (Å²) in [5.41, 5.74) is 0. The van der Waals surface area contributed by atoms with Crippen LogP contribution in [0.3, 0.4) is 0 Å². The van der Waals surface area contributed by atoms with Crippen LogP contribution in [0.4, 0.5) is 0 Å². The molecular weight excluding hydrogens is 287 g/mol. The van der Waals surface area contributed by atoms with Crippen LogP contribution in [0, 0.1) is 0 Å². The summed E-state index contributed by atoms with van der Waals surface area (Å²) in [5.74, 6) is 0. The van der Waals surface area contributed by atoms with Crippen molar-refractivity contribution in [2.75, 3.05) is 4.43 Å². The molecule has 2 N–H and O–H groups in total. The fourth-order valence-corrected chi connectivity index (χ4v) is 2.03. The van der Waals surface area contributed by atoms with Crippen LogP contribution in [-0.4, -0.2) is 45.3 Å². The first-order valence-electron chi connectivity index (χ1n) is 4.29. The summed E-state index contributed by atoms with van der Waals surface area (Å²) in [7, 11) is 0. The molecule has 0 amide bonds. The highest BCUT2D eigenvalue weighted by molar-refractivity contribution is 14.1. The maximum absolute atomic E-state index is 9.50. The molecule has 4 atom stereocenters. The topological polar surface area (TPSA) is 58.9 Å². The molecular formula is C8H15IO4. The number of aliphatic hydroxyl groups is 2. The molecule has 0 spiro atoms. The van der Waals surface area contributed by atoms with Gasteiger partial charge in [0.2, 0.25) is 0 Å². The molecule has 1 heterocycles. The summed E-state index contributed by atoms with van der Waals surface area (Å²) in [6.45, 7) is 3.78. The fraction of sp³-hybridized carbons (Fsp3) is 1.00. The zero-order chi connectivity index (χ0) is 10.0. The standard InChI is InChI=1S/C8H15IO4/c1-4(2)12-7-5(3-9)13-8(11)6(7)10/h4-8,10-11H,3H2,1-2H3/t5-,6+,7+,8-/m1/s1. The monoisotopic (exact) mass is 302 g/mol. The van der Waals surface area contributed by atoms with E-state index in [1.54, 1.807) is 0 Å². The van der Waals surface area contributed by atoms with Crippen LogP contribution in [0.5, 0.6) is 0 Å². The number of aliphatic hydroxyl groups excluding tert-OH is 2. The lowest BCUT2D eigenvalue weighted by Crippen LogP contribution is -2.37. The Morgan fingerprint density at radius 2 is 2.08 bits per heavy atom. The van der Waals surface area contributed by atoms with Crippen LogP contribution in [0.2, 0.25) is 0 Å². The van der Waals surface area contributed by atoms with E-state index >= 15 is 0 Å². The Morgan fingerprint density at radius 3 is 2.54 bits per heavy atom. The van der Waals surface area contributed by atoms with Crippen molar-refractivity contribution in [3.8, 4) is 0 Å². The highest BCUT2D eigenvalue weighted by Gasteiger charge is 2.43. The molecule has 1 rings (SSSR count). The van der Waals surface area contributed by atoms with Crippen molar-refractivity contribution in [3.63, 3.8) is 0 Å². The minimum Gasteiger partial charge on any atom is -0.385 e. The molecule has 0 aromatic carbocycles. The van der Waals surface area contributed by atoms with Crippen molar-refractivity contribution in [1.29, 1.82) is 0 Å². The molecule has 1 saturated heterocycles. The van der Waals surface area contributed by atoms with Crippen LogP contribution in [-0.2, 0) is 9.47 Å². The fourth-order valence-electron chi connectivity index (χ4n) is 1.33. The third-order valence-electron chi connectivity index (χ3n) is 1.89. The van der Waals surface area contributed by atoms with Gasteiger partial charge in [-0.15, -0.1) is 0 Å². The minimum absolute atomic E-state index is 0.0269. The maximum atomic E-state index is 9.50. The largest absolute Gasteiger partial charge is 0.385 e. The van der Waals surface area contributed by atoms with Crippen LogP contribution >= 0.6 is 22.6 Å². The average Bonchev–Trinajstić information content (AvgIpc) is 2.31. The van der Waals surface area contributed by atoms with E-state index in [9.17, 15) is 10.2 Å². The van der Waals surface area contributed by atoms with Crippen LogP contribution < -0.4 is 0 Å². The van der Waals surface area contributed by atoms with E-state index in [0.717, 1.165) is 0 Å². The van der Waals surface area contributed by atoms with Crippen molar-refractivity contribution in [1.82, 2.24) is 0 Å². The van der Waals surface area contributed by atoms with Gasteiger partial charge in [-0.3, -0.25) is 0 Å². The molecule has 0 radical (unpaired) electrons. The van der Waals surface area contributed by atoms with E-state index in [4.69, 9.17) is 9.47 Å². The first-order valence-corrected chi connectivity index (χ1v) is 5.81. The van der Waals surface area contributed by atoms with Crippen molar-refractivity contribution < 1.29 is 19.7 Å². The van der Waals surface area contributed by atoms with Crippen molar-refractivity contribution in [2.24, 2.45) is 0 Å². The number of rotatable bonds is 3. The summed E-state index contributed by atoms with van der Waals surface area (Å²) in [5, 5.41) is 18.7. The number of halogens is 1. The highest BCUT2D eigenvalue weighted by atomic mass is 127. The molecule has 0 saturated carbocycles. The molecule has 1 aliphatic heterocycles. The van der Waals surface area contributed by atoms with Gasteiger partial charge in [0, 0.05) is 4.43 Å². The van der Waals surface area contributed by atoms with Crippen molar-refractivity contribution in [2.45, 2.75) is 44.6 Å². The molecule has 5 heteroatoms. The molecule has 0 aromatic rings. The minimum atomic E-state index is -1.11. The summed E-state index contributed by atoms with van der Waals surface area (Å²) < 4.78 is 11.3. The Kier molecular flexibility index (Phi) is 4.37. The Hall–Kier alpha value is 0.570. The van der Waals surface area contributed by atoms with Crippen LogP contribution in [0.25, 0.3) is 0 Å². The van der Waals surface area contributed by atoms with E-state index in [2.05, 4.69) is 22.6 Å². The predicted octanol–water partition coefficient (Wildman–Crippen LogP) is 0.293. The van der Waals surface area contributed by atoms with Gasteiger partial charge in [-0.2, -0.15) is 0 Å². The second-order valence-corrected chi connectivity index (χ2v) is 4.24. The van der Waals surface area contributed by atoms with Gasteiger partial charge in [-0.25, -0.2) is 0 Å². The number of alkyl halides is 1. The van der Waals surface area contributed by atoms with Crippen LogP contribution in [0.15, 0.2) is 0 Å². The molecule has 1 fully saturated rings. The van der Waals surface area contributed by atoms with Gasteiger partial charge in [0.05, 0.1) is 12.2 Å². The summed E-state index contributed by atoms with van der Waals surface area (Å²) in [4.78, 5) is 0. The van der Waals surface area contributed by atoms with E-state index in [-0.39, 0.29) is 12.2 Å². The molecule has 0 aromatic heterocycles. The predicted molar refractivity (Wildman–Crippen MR) is 55.8 cm³/mol. The quantitative estimate of drug-likeness (QED) is 0.581. The Balaban J connectivity index is 2.57. The Labute approximate surface area is 91.4 Å². The normalized spacial score (nSPS) is 40.2. The van der Waals surface area contributed by atoms with Gasteiger partial charge in [0.25, 0.3) is 0 Å². The van der Waals surface area contributed by atoms with E-state index in [0.29, 0.717) is 4.43 Å². The number of hydrogen-bond donors (Lipinski definition) is 2. The molecule has 78 valence electrons. The summed E-state index contributed by atoms with van der Waals surface area (Å²) >= 11 is 2.14. The number of ether oxygens (including phenoxy) is 2. The molecule has 0 bridgehead atoms. The molecule has 1 aliphatic rings. The van der Waals surface area contributed by atoms with Crippen molar-refractivity contribution >= 4 is 22.6 Å². The average molecular weight is 302 g/mol. The lowest BCUT2D eigenvalue weighted by molar-refractivity contribution is -0.124. The van der Waals surface area contributed by atoms with Gasteiger partial charge in [-0.1, -0.05) is 22.6 Å². The van der Waals surface area contributed by atoms with E-state index < -0.39 is 18.5 Å². The molecule has 4 nitrogen and oxygen atoms in total. The maximum Gasteiger partial charge on any atom is 0.183 e. The first kappa shape index (κ1) is 11.6. The SMILES string of the molecule is CC(C)O[C@@H]1[C@H](O)[C@H](O)O[C@@H]1CI. The third kappa shape index (κ3) is 2.76. The van der Waals surface area contributed by atoms with Gasteiger partial charge in [0.1, 0.15) is 12.2 Å². The molecule has 0 unspecified atom stereocenters. The Bertz CT molecular complexity index is 164. The zero-order valence-electron chi connectivity index (χ0n) is 7.68. The first-order chi connectivity index (χ1) is 6.06. The second-order valence-electron chi connectivity index (χ2n) is 3.36. The van der Waals surface area contributed by atoms with Gasteiger partial charge in [0.15, 0.2) is 6.29 Å². The zero-order valence-corrected chi connectivity index (χ0v) is 9.84. The second kappa shape index (κ2) is 4.88. The summed E-state index contributed by atoms with van der Waals surface area (Å²) in [6.07, 6.45) is -2.63. The number of hydrogen-bond acceptors (Lipinski definition) is 4. The van der Waals surface area contributed by atoms with Crippen molar-refractivity contribution in [3.05, 3.63) is 0 Å². The lowest BCUT2D eigenvalue weighted by Gasteiger charge is -2.21. The van der Waals surface area contributed by atoms with Gasteiger partial charge < -0.3 is 19.7 Å². The third-order valence-corrected chi connectivity index (χ3v) is 2.76. The smallest absolute Gasteiger partial charge is 0.183 e. The lowest BCUT2D eigenvalue weighted by atomic mass is 10.1. The molecule has 0 aliphatic carbocycles. The van der Waals surface area contributed by atoms with E-state index in [1.807, 2.05) is 13.8 Å².